The summed E-state index contributed by atoms with van der Waals surface area (Å²) in [7, 11) is 0. The van der Waals surface area contributed by atoms with Crippen LogP contribution in [0.25, 0.3) is 0 Å². The van der Waals surface area contributed by atoms with Crippen LogP contribution in [0.1, 0.15) is 38.5 Å². The smallest absolute Gasteiger partial charge is 0.227 e. The first-order chi connectivity index (χ1) is 9.78. The molecule has 5 nitrogen and oxygen atoms in total. The second kappa shape index (κ2) is 4.86. The summed E-state index contributed by atoms with van der Waals surface area (Å²) in [5.74, 6) is 5.94. The average Bonchev–Trinajstić information content (AvgIpc) is 2.41. The lowest BCUT2D eigenvalue weighted by atomic mass is 9.51. The minimum Gasteiger partial charge on any atom is -0.368 e. The Morgan fingerprint density at radius 3 is 2.40 bits per heavy atom. The summed E-state index contributed by atoms with van der Waals surface area (Å²) < 4.78 is 0. The number of hydrogen-bond acceptors (Lipinski definition) is 5. The molecule has 0 saturated heterocycles. The van der Waals surface area contributed by atoms with Crippen LogP contribution in [0.4, 0.5) is 11.9 Å². The van der Waals surface area contributed by atoms with Crippen LogP contribution in [-0.2, 0) is 0 Å². The van der Waals surface area contributed by atoms with E-state index in [9.17, 15) is 0 Å². The van der Waals surface area contributed by atoms with Crippen LogP contribution in [0, 0.1) is 29.6 Å². The van der Waals surface area contributed by atoms with Gasteiger partial charge in [-0.15, -0.1) is 0 Å². The molecule has 0 unspecified atom stereocenters. The van der Waals surface area contributed by atoms with Crippen LogP contribution < -0.4 is 11.1 Å². The van der Waals surface area contributed by atoms with Gasteiger partial charge in [-0.25, -0.2) is 9.97 Å². The van der Waals surface area contributed by atoms with Crippen molar-refractivity contribution in [2.45, 2.75) is 38.5 Å². The lowest BCUT2D eigenvalue weighted by Gasteiger charge is -2.54. The number of anilines is 2. The van der Waals surface area contributed by atoms with Gasteiger partial charge >= 0.3 is 0 Å². The van der Waals surface area contributed by atoms with Crippen molar-refractivity contribution in [1.29, 1.82) is 0 Å². The van der Waals surface area contributed by atoms with E-state index in [2.05, 4.69) is 20.3 Å². The van der Waals surface area contributed by atoms with Gasteiger partial charge in [-0.05, 0) is 68.1 Å². The molecule has 5 heteroatoms. The van der Waals surface area contributed by atoms with Gasteiger partial charge in [0.1, 0.15) is 6.33 Å². The van der Waals surface area contributed by atoms with Crippen molar-refractivity contribution >= 4 is 11.9 Å². The third kappa shape index (κ3) is 2.23. The number of nitrogens with one attached hydrogen (secondary N) is 1. The molecule has 4 bridgehead atoms. The van der Waals surface area contributed by atoms with Crippen LogP contribution in [0.2, 0.25) is 0 Å². The monoisotopic (exact) mass is 273 g/mol. The second-order valence-electron chi connectivity index (χ2n) is 6.98. The molecule has 3 N–H and O–H groups in total. The van der Waals surface area contributed by atoms with E-state index in [1.165, 1.54) is 44.9 Å². The Morgan fingerprint density at radius 1 is 1.05 bits per heavy atom. The number of nitrogen functional groups attached to an aromatic ring is 1. The Balaban J connectivity index is 1.34. The van der Waals surface area contributed by atoms with Crippen molar-refractivity contribution in [2.24, 2.45) is 29.6 Å². The molecule has 5 rings (SSSR count). The fraction of sp³-hybridized carbons (Fsp3) is 0.800. The van der Waals surface area contributed by atoms with Gasteiger partial charge in [0, 0.05) is 6.54 Å². The van der Waals surface area contributed by atoms with E-state index < -0.39 is 0 Å². The standard InChI is InChI=1S/C15H23N5/c16-14-18-8-19-15(20-14)17-2-1-13-11-4-9-3-10(6-11)7-12(13)5-9/h8-13H,1-7H2,(H3,16,17,18,19,20). The Morgan fingerprint density at radius 2 is 1.75 bits per heavy atom. The molecule has 0 radical (unpaired) electrons. The molecule has 0 aromatic carbocycles. The quantitative estimate of drug-likeness (QED) is 0.880. The number of hydrogen-bond donors (Lipinski definition) is 2. The SMILES string of the molecule is Nc1ncnc(NCCC2C3CC4CC(C3)CC2C4)n1. The van der Waals surface area contributed by atoms with Crippen molar-refractivity contribution in [2.75, 3.05) is 17.6 Å². The lowest BCUT2D eigenvalue weighted by Crippen LogP contribution is -2.45. The Labute approximate surface area is 119 Å². The number of aromatic nitrogens is 3. The molecule has 1 heterocycles. The summed E-state index contributed by atoms with van der Waals surface area (Å²) in [6.07, 6.45) is 10.2. The first kappa shape index (κ1) is 12.4. The highest BCUT2D eigenvalue weighted by molar-refractivity contribution is 5.28. The molecular weight excluding hydrogens is 250 g/mol. The molecular formula is C15H23N5. The maximum absolute atomic E-state index is 5.57. The summed E-state index contributed by atoms with van der Waals surface area (Å²) in [5.41, 5.74) is 5.57. The van der Waals surface area contributed by atoms with Gasteiger partial charge in [0.15, 0.2) is 0 Å². The highest BCUT2D eigenvalue weighted by Crippen LogP contribution is 2.57. The molecule has 4 saturated carbocycles. The summed E-state index contributed by atoms with van der Waals surface area (Å²) in [6, 6.07) is 0. The summed E-state index contributed by atoms with van der Waals surface area (Å²) in [4.78, 5) is 12.0. The average molecular weight is 273 g/mol. The second-order valence-corrected chi connectivity index (χ2v) is 6.98. The van der Waals surface area contributed by atoms with Crippen LogP contribution in [0.15, 0.2) is 6.33 Å². The van der Waals surface area contributed by atoms with Crippen molar-refractivity contribution < 1.29 is 0 Å². The van der Waals surface area contributed by atoms with Crippen molar-refractivity contribution in [3.05, 3.63) is 6.33 Å². The molecule has 1 aromatic rings. The van der Waals surface area contributed by atoms with E-state index in [0.29, 0.717) is 5.95 Å². The first-order valence-electron chi connectivity index (χ1n) is 7.96. The Hall–Kier alpha value is -1.39. The predicted molar refractivity (Wildman–Crippen MR) is 77.9 cm³/mol. The van der Waals surface area contributed by atoms with E-state index in [1.54, 1.807) is 0 Å². The molecule has 4 aliphatic carbocycles. The van der Waals surface area contributed by atoms with Crippen LogP contribution in [0.3, 0.4) is 0 Å². The van der Waals surface area contributed by atoms with Gasteiger partial charge in [0.2, 0.25) is 11.9 Å². The van der Waals surface area contributed by atoms with Gasteiger partial charge in [0.25, 0.3) is 0 Å². The molecule has 0 atom stereocenters. The van der Waals surface area contributed by atoms with E-state index in [0.717, 1.165) is 36.1 Å². The van der Waals surface area contributed by atoms with Gasteiger partial charge in [-0.2, -0.15) is 4.98 Å². The zero-order valence-electron chi connectivity index (χ0n) is 11.8. The van der Waals surface area contributed by atoms with E-state index >= 15 is 0 Å². The summed E-state index contributed by atoms with van der Waals surface area (Å²) >= 11 is 0. The topological polar surface area (TPSA) is 76.7 Å². The highest BCUT2D eigenvalue weighted by atomic mass is 15.2. The predicted octanol–water partition coefficient (Wildman–Crippen LogP) is 2.33. The van der Waals surface area contributed by atoms with Gasteiger partial charge in [0.05, 0.1) is 0 Å². The number of rotatable bonds is 4. The zero-order valence-corrected chi connectivity index (χ0v) is 11.8. The Bertz CT molecular complexity index is 461. The molecule has 0 aliphatic heterocycles. The van der Waals surface area contributed by atoms with E-state index in [4.69, 9.17) is 5.73 Å². The zero-order chi connectivity index (χ0) is 13.5. The number of nitrogens with zero attached hydrogens (tertiary/aromatic N) is 3. The third-order valence-electron chi connectivity index (χ3n) is 5.77. The van der Waals surface area contributed by atoms with Crippen molar-refractivity contribution in [1.82, 2.24) is 15.0 Å². The summed E-state index contributed by atoms with van der Waals surface area (Å²) in [6.45, 7) is 0.955. The van der Waals surface area contributed by atoms with Crippen LogP contribution in [-0.4, -0.2) is 21.5 Å². The normalized spacial score (nSPS) is 38.1. The molecule has 0 amide bonds. The van der Waals surface area contributed by atoms with Crippen LogP contribution >= 0.6 is 0 Å². The van der Waals surface area contributed by atoms with Crippen molar-refractivity contribution in [3.63, 3.8) is 0 Å². The molecule has 4 fully saturated rings. The van der Waals surface area contributed by atoms with E-state index in [1.807, 2.05) is 0 Å². The number of nitrogens with two attached hydrogens (primary N) is 1. The molecule has 1 aromatic heterocycles. The van der Waals surface area contributed by atoms with Gasteiger partial charge in [-0.3, -0.25) is 0 Å². The van der Waals surface area contributed by atoms with Gasteiger partial charge < -0.3 is 11.1 Å². The largest absolute Gasteiger partial charge is 0.368 e. The van der Waals surface area contributed by atoms with Crippen LogP contribution in [0.5, 0.6) is 0 Å². The van der Waals surface area contributed by atoms with Crippen molar-refractivity contribution in [3.8, 4) is 0 Å². The molecule has 4 aliphatic rings. The minimum atomic E-state index is 0.289. The fourth-order valence-electron chi connectivity index (χ4n) is 5.25. The third-order valence-corrected chi connectivity index (χ3v) is 5.77. The summed E-state index contributed by atoms with van der Waals surface area (Å²) in [5, 5.41) is 3.30. The first-order valence-corrected chi connectivity index (χ1v) is 7.96. The van der Waals surface area contributed by atoms with E-state index in [-0.39, 0.29) is 5.95 Å². The maximum atomic E-state index is 5.57. The minimum absolute atomic E-state index is 0.289. The fourth-order valence-corrected chi connectivity index (χ4v) is 5.25. The maximum Gasteiger partial charge on any atom is 0.227 e. The Kier molecular flexibility index (Phi) is 3.00. The molecule has 108 valence electrons. The lowest BCUT2D eigenvalue weighted by molar-refractivity contribution is -0.0381. The van der Waals surface area contributed by atoms with Gasteiger partial charge in [-0.1, -0.05) is 0 Å². The molecule has 0 spiro atoms. The highest BCUT2D eigenvalue weighted by Gasteiger charge is 2.47. The molecule has 20 heavy (non-hydrogen) atoms.